The zero-order chi connectivity index (χ0) is 17.4. The van der Waals surface area contributed by atoms with Crippen molar-refractivity contribution in [1.82, 2.24) is 14.4 Å². The van der Waals surface area contributed by atoms with Gasteiger partial charge in [0.1, 0.15) is 11.4 Å². The van der Waals surface area contributed by atoms with Crippen LogP contribution in [0.4, 0.5) is 4.39 Å². The molecule has 0 aliphatic carbocycles. The fourth-order valence-corrected chi connectivity index (χ4v) is 2.80. The van der Waals surface area contributed by atoms with Gasteiger partial charge in [-0.2, -0.15) is 0 Å². The molecule has 1 amide bonds. The van der Waals surface area contributed by atoms with Crippen molar-refractivity contribution in [3.63, 3.8) is 0 Å². The van der Waals surface area contributed by atoms with E-state index in [2.05, 4.69) is 4.90 Å². The van der Waals surface area contributed by atoms with Crippen LogP contribution in [0.1, 0.15) is 15.9 Å². The van der Waals surface area contributed by atoms with Crippen molar-refractivity contribution < 1.29 is 9.18 Å². The molecular weight excluding hydrogens is 309 g/mol. The fourth-order valence-electron chi connectivity index (χ4n) is 2.80. The lowest BCUT2D eigenvalue weighted by Crippen LogP contribution is -2.59. The maximum absolute atomic E-state index is 13.1. The van der Waals surface area contributed by atoms with Crippen LogP contribution in [-0.4, -0.2) is 53.5 Å². The molecule has 1 fully saturated rings. The van der Waals surface area contributed by atoms with Gasteiger partial charge in [-0.3, -0.25) is 14.2 Å². The average molecular weight is 329 g/mol. The molecule has 1 aliphatic heterocycles. The second-order valence-corrected chi connectivity index (χ2v) is 6.35. The molecule has 5 nitrogen and oxygen atoms in total. The minimum absolute atomic E-state index is 0.180. The van der Waals surface area contributed by atoms with Crippen molar-refractivity contribution in [2.45, 2.75) is 13.0 Å². The molecule has 0 bridgehead atoms. The van der Waals surface area contributed by atoms with Crippen molar-refractivity contribution in [2.24, 2.45) is 0 Å². The largest absolute Gasteiger partial charge is 0.335 e. The molecule has 1 aliphatic rings. The summed E-state index contributed by atoms with van der Waals surface area (Å²) in [4.78, 5) is 29.2. The number of hydrogen-bond donors (Lipinski definition) is 0. The van der Waals surface area contributed by atoms with Crippen molar-refractivity contribution in [2.75, 3.05) is 27.2 Å². The number of benzene rings is 1. The molecule has 0 saturated carbocycles. The molecule has 1 aromatic heterocycles. The normalized spacial score (nSPS) is 14.8. The van der Waals surface area contributed by atoms with Gasteiger partial charge in [-0.15, -0.1) is 0 Å². The van der Waals surface area contributed by atoms with Crippen molar-refractivity contribution in [3.05, 3.63) is 63.8 Å². The molecule has 0 radical (unpaired) electrons. The number of aryl methyl sites for hydroxylation is 1. The summed E-state index contributed by atoms with van der Waals surface area (Å²) in [7, 11) is 3.95. The average Bonchev–Trinajstić information content (AvgIpc) is 2.47. The molecule has 0 N–H and O–H groups in total. The van der Waals surface area contributed by atoms with Crippen LogP contribution in [0.15, 0.2) is 41.3 Å². The van der Waals surface area contributed by atoms with Crippen LogP contribution >= 0.6 is 0 Å². The first-order chi connectivity index (χ1) is 11.4. The second-order valence-electron chi connectivity index (χ2n) is 6.35. The van der Waals surface area contributed by atoms with Gasteiger partial charge < -0.3 is 9.80 Å². The van der Waals surface area contributed by atoms with Gasteiger partial charge in [-0.25, -0.2) is 4.39 Å². The Labute approximate surface area is 139 Å². The molecule has 1 aromatic carbocycles. The van der Waals surface area contributed by atoms with Crippen LogP contribution in [0.2, 0.25) is 0 Å². The Hall–Kier alpha value is -2.47. The summed E-state index contributed by atoms with van der Waals surface area (Å²) in [5.41, 5.74) is 0.987. The van der Waals surface area contributed by atoms with E-state index in [-0.39, 0.29) is 22.8 Å². The number of nitrogens with zero attached hydrogens (tertiary/aromatic N) is 3. The lowest BCUT2D eigenvalue weighted by Gasteiger charge is -2.42. The lowest BCUT2D eigenvalue weighted by atomic mass is 10.0. The quantitative estimate of drug-likeness (QED) is 0.860. The third-order valence-corrected chi connectivity index (χ3v) is 4.50. The highest BCUT2D eigenvalue weighted by Crippen LogP contribution is 2.17. The van der Waals surface area contributed by atoms with E-state index in [0.717, 1.165) is 0 Å². The number of rotatable bonds is 3. The Balaban J connectivity index is 1.94. The maximum Gasteiger partial charge on any atom is 0.268 e. The SMILES string of the molecule is Cc1ccn(-c2ccc(F)cc2)c(=O)c1C(=O)N1CC(N(C)C)C1. The smallest absolute Gasteiger partial charge is 0.268 e. The molecule has 0 atom stereocenters. The van der Waals surface area contributed by atoms with Crippen LogP contribution in [0.25, 0.3) is 5.69 Å². The van der Waals surface area contributed by atoms with E-state index < -0.39 is 0 Å². The highest BCUT2D eigenvalue weighted by molar-refractivity contribution is 5.96. The fraction of sp³-hybridized carbons (Fsp3) is 0.333. The van der Waals surface area contributed by atoms with Crippen LogP contribution in [-0.2, 0) is 0 Å². The van der Waals surface area contributed by atoms with Crippen LogP contribution in [0.3, 0.4) is 0 Å². The van der Waals surface area contributed by atoms with E-state index in [4.69, 9.17) is 0 Å². The van der Waals surface area contributed by atoms with Gasteiger partial charge >= 0.3 is 0 Å². The first-order valence-electron chi connectivity index (χ1n) is 7.82. The molecule has 0 spiro atoms. The lowest BCUT2D eigenvalue weighted by molar-refractivity contribution is 0.0396. The van der Waals surface area contributed by atoms with Gasteiger partial charge in [-0.05, 0) is 56.9 Å². The second kappa shape index (κ2) is 6.20. The number of carbonyl (C=O) groups excluding carboxylic acids is 1. The van der Waals surface area contributed by atoms with E-state index >= 15 is 0 Å². The summed E-state index contributed by atoms with van der Waals surface area (Å²) in [6, 6.07) is 7.69. The Morgan fingerprint density at radius 2 is 1.79 bits per heavy atom. The first-order valence-corrected chi connectivity index (χ1v) is 7.82. The van der Waals surface area contributed by atoms with Gasteiger partial charge in [0.05, 0.1) is 0 Å². The first kappa shape index (κ1) is 16.4. The minimum Gasteiger partial charge on any atom is -0.335 e. The van der Waals surface area contributed by atoms with Crippen LogP contribution in [0, 0.1) is 12.7 Å². The topological polar surface area (TPSA) is 45.6 Å². The van der Waals surface area contributed by atoms with Gasteiger partial charge in [0, 0.05) is 31.0 Å². The molecule has 24 heavy (non-hydrogen) atoms. The Kier molecular flexibility index (Phi) is 4.24. The zero-order valence-corrected chi connectivity index (χ0v) is 14.0. The third-order valence-electron chi connectivity index (χ3n) is 4.50. The Morgan fingerprint density at radius 3 is 2.38 bits per heavy atom. The van der Waals surface area contributed by atoms with Gasteiger partial charge in [0.15, 0.2) is 0 Å². The number of amides is 1. The molecule has 6 heteroatoms. The van der Waals surface area contributed by atoms with E-state index in [0.29, 0.717) is 30.4 Å². The molecule has 126 valence electrons. The number of halogens is 1. The van der Waals surface area contributed by atoms with Gasteiger partial charge in [0.25, 0.3) is 11.5 Å². The number of likely N-dealkylation sites (tertiary alicyclic amines) is 1. The molecule has 0 unspecified atom stereocenters. The summed E-state index contributed by atoms with van der Waals surface area (Å²) >= 11 is 0. The summed E-state index contributed by atoms with van der Waals surface area (Å²) in [6.07, 6.45) is 1.61. The Morgan fingerprint density at radius 1 is 1.17 bits per heavy atom. The van der Waals surface area contributed by atoms with Crippen molar-refractivity contribution in [1.29, 1.82) is 0 Å². The number of hydrogen-bond acceptors (Lipinski definition) is 3. The van der Waals surface area contributed by atoms with Crippen LogP contribution < -0.4 is 5.56 Å². The van der Waals surface area contributed by atoms with Gasteiger partial charge in [0.2, 0.25) is 0 Å². The highest BCUT2D eigenvalue weighted by Gasteiger charge is 2.34. The zero-order valence-electron chi connectivity index (χ0n) is 14.0. The van der Waals surface area contributed by atoms with Crippen LogP contribution in [0.5, 0.6) is 0 Å². The number of aromatic nitrogens is 1. The minimum atomic E-state index is -0.375. The predicted molar refractivity (Wildman–Crippen MR) is 90.1 cm³/mol. The van der Waals surface area contributed by atoms with E-state index in [1.807, 2.05) is 14.1 Å². The molecule has 3 rings (SSSR count). The number of likely N-dealkylation sites (N-methyl/N-ethyl adjacent to an activating group) is 1. The van der Waals surface area contributed by atoms with E-state index in [1.54, 1.807) is 24.1 Å². The molecular formula is C18H20FN3O2. The Bertz CT molecular complexity index is 821. The number of carbonyl (C=O) groups is 1. The monoisotopic (exact) mass is 329 g/mol. The van der Waals surface area contributed by atoms with Crippen molar-refractivity contribution in [3.8, 4) is 5.69 Å². The maximum atomic E-state index is 13.1. The summed E-state index contributed by atoms with van der Waals surface area (Å²) in [6.45, 7) is 3.00. The molecule has 2 heterocycles. The standard InChI is InChI=1S/C18H20FN3O2/c1-12-8-9-22(14-6-4-13(19)5-7-14)18(24)16(12)17(23)21-10-15(11-21)20(2)3/h4-9,15H,10-11H2,1-3H3. The summed E-state index contributed by atoms with van der Waals surface area (Å²) in [5.74, 6) is -0.613. The summed E-state index contributed by atoms with van der Waals surface area (Å²) in [5, 5.41) is 0. The number of pyridine rings is 1. The molecule has 2 aromatic rings. The van der Waals surface area contributed by atoms with E-state index in [9.17, 15) is 14.0 Å². The highest BCUT2D eigenvalue weighted by atomic mass is 19.1. The summed E-state index contributed by atoms with van der Waals surface area (Å²) < 4.78 is 14.5. The van der Waals surface area contributed by atoms with Crippen molar-refractivity contribution >= 4 is 5.91 Å². The van der Waals surface area contributed by atoms with E-state index in [1.165, 1.54) is 28.8 Å². The molecule has 1 saturated heterocycles. The third kappa shape index (κ3) is 2.85. The van der Waals surface area contributed by atoms with Gasteiger partial charge in [-0.1, -0.05) is 0 Å². The predicted octanol–water partition coefficient (Wildman–Crippen LogP) is 1.67.